The average molecular weight is 761 g/mol. The van der Waals surface area contributed by atoms with E-state index in [1.54, 1.807) is 12.1 Å². The van der Waals surface area contributed by atoms with Crippen LogP contribution in [0.2, 0.25) is 0 Å². The van der Waals surface area contributed by atoms with Crippen LogP contribution in [0, 0.1) is 11.8 Å². The number of piperidine rings is 1. The number of anilines is 2. The number of amides is 3. The summed E-state index contributed by atoms with van der Waals surface area (Å²) in [5.74, 6) is 2.02. The molecule has 10 nitrogen and oxygen atoms in total. The second-order valence-electron chi connectivity index (χ2n) is 16.6. The van der Waals surface area contributed by atoms with Crippen molar-refractivity contribution < 1.29 is 28.9 Å². The third-order valence-electron chi connectivity index (χ3n) is 11.3. The first-order valence-electron chi connectivity index (χ1n) is 20.1. The summed E-state index contributed by atoms with van der Waals surface area (Å²) in [4.78, 5) is 29.5. The zero-order valence-electron chi connectivity index (χ0n) is 32.9. The van der Waals surface area contributed by atoms with E-state index in [0.717, 1.165) is 41.7 Å². The highest BCUT2D eigenvalue weighted by Crippen LogP contribution is 2.44. The lowest BCUT2D eigenvalue weighted by Crippen LogP contribution is -2.61. The van der Waals surface area contributed by atoms with Gasteiger partial charge in [-0.25, -0.2) is 4.79 Å². The summed E-state index contributed by atoms with van der Waals surface area (Å²) in [5.41, 5.74) is 3.49. The van der Waals surface area contributed by atoms with Gasteiger partial charge in [-0.1, -0.05) is 74.4 Å². The lowest BCUT2D eigenvalue weighted by Gasteiger charge is -2.51. The SMILES string of the molecule is C[C@@H]1[C@H](CN2[C@@H](C(=O)NC(C)(C)C)CC[C@H]3CCCC[C@H]32)O[C@H](c2cccc(NC(=O)Nc3ccc(Oc4ccccc4)cc3)c2)O[C@@H]1c1ccc(CO)cc1. The maximum atomic E-state index is 13.9. The van der Waals surface area contributed by atoms with Gasteiger partial charge in [0.2, 0.25) is 5.91 Å². The second-order valence-corrected chi connectivity index (χ2v) is 16.6. The first kappa shape index (κ1) is 39.5. The number of fused-ring (bicyclic) bond motifs is 1. The molecule has 4 aromatic rings. The molecule has 2 aliphatic heterocycles. The molecule has 7 rings (SSSR count). The Bertz CT molecular complexity index is 1910. The lowest BCUT2D eigenvalue weighted by atomic mass is 9.75. The number of likely N-dealkylation sites (tertiary alicyclic amines) is 1. The summed E-state index contributed by atoms with van der Waals surface area (Å²) in [6.45, 7) is 8.84. The lowest BCUT2D eigenvalue weighted by molar-refractivity contribution is -0.278. The third kappa shape index (κ3) is 9.79. The number of hydrogen-bond acceptors (Lipinski definition) is 7. The van der Waals surface area contributed by atoms with Crippen molar-refractivity contribution in [1.29, 1.82) is 0 Å². The molecule has 4 aromatic carbocycles. The van der Waals surface area contributed by atoms with Crippen LogP contribution in [-0.4, -0.2) is 52.2 Å². The van der Waals surface area contributed by atoms with Crippen molar-refractivity contribution in [3.05, 3.63) is 120 Å². The summed E-state index contributed by atoms with van der Waals surface area (Å²) >= 11 is 0. The van der Waals surface area contributed by atoms with E-state index in [1.807, 2.05) is 112 Å². The van der Waals surface area contributed by atoms with E-state index in [-0.39, 0.29) is 48.3 Å². The number of aliphatic hydroxyl groups excluding tert-OH is 1. The highest BCUT2D eigenvalue weighted by atomic mass is 16.7. The van der Waals surface area contributed by atoms with Crippen LogP contribution in [0.5, 0.6) is 11.5 Å². The summed E-state index contributed by atoms with van der Waals surface area (Å²) in [6, 6.07) is 31.9. The van der Waals surface area contributed by atoms with Crippen molar-refractivity contribution in [3.63, 3.8) is 0 Å². The molecule has 1 saturated carbocycles. The normalized spacial score (nSPS) is 25.4. The topological polar surface area (TPSA) is 121 Å². The zero-order valence-corrected chi connectivity index (χ0v) is 32.9. The molecule has 0 aromatic heterocycles. The molecule has 1 aliphatic carbocycles. The fraction of sp³-hybridized carbons (Fsp3) is 0.435. The minimum atomic E-state index is -0.727. The number of ether oxygens (including phenoxy) is 3. The van der Waals surface area contributed by atoms with Crippen LogP contribution in [-0.2, 0) is 20.9 Å². The minimum absolute atomic E-state index is 0.0351. The molecule has 2 saturated heterocycles. The van der Waals surface area contributed by atoms with Gasteiger partial charge in [-0.15, -0.1) is 0 Å². The van der Waals surface area contributed by atoms with Gasteiger partial charge in [0, 0.05) is 41.0 Å². The second kappa shape index (κ2) is 17.6. The Balaban J connectivity index is 1.10. The number of nitrogens with one attached hydrogen (secondary N) is 3. The third-order valence-corrected chi connectivity index (χ3v) is 11.3. The fourth-order valence-corrected chi connectivity index (χ4v) is 8.55. The van der Waals surface area contributed by atoms with E-state index in [1.165, 1.54) is 19.3 Å². The summed E-state index contributed by atoms with van der Waals surface area (Å²) in [7, 11) is 0. The maximum Gasteiger partial charge on any atom is 0.323 e. The molecule has 3 aliphatic rings. The Morgan fingerprint density at radius 3 is 2.23 bits per heavy atom. The summed E-state index contributed by atoms with van der Waals surface area (Å²) < 4.78 is 19.6. The monoisotopic (exact) mass is 760 g/mol. The van der Waals surface area contributed by atoms with Crippen LogP contribution in [0.25, 0.3) is 0 Å². The van der Waals surface area contributed by atoms with Crippen molar-refractivity contribution in [2.24, 2.45) is 11.8 Å². The molecule has 0 bridgehead atoms. The van der Waals surface area contributed by atoms with Crippen LogP contribution in [0.3, 0.4) is 0 Å². The first-order chi connectivity index (χ1) is 27.0. The molecule has 0 spiro atoms. The predicted molar refractivity (Wildman–Crippen MR) is 218 cm³/mol. The van der Waals surface area contributed by atoms with Crippen molar-refractivity contribution in [1.82, 2.24) is 10.2 Å². The van der Waals surface area contributed by atoms with Crippen LogP contribution in [0.15, 0.2) is 103 Å². The molecule has 0 radical (unpaired) electrons. The first-order valence-corrected chi connectivity index (χ1v) is 20.1. The maximum absolute atomic E-state index is 13.9. The van der Waals surface area contributed by atoms with Gasteiger partial charge in [0.1, 0.15) is 11.5 Å². The molecule has 4 N–H and O–H groups in total. The average Bonchev–Trinajstić information content (AvgIpc) is 3.19. The van der Waals surface area contributed by atoms with Gasteiger partial charge < -0.3 is 35.3 Å². The number of nitrogens with zero attached hydrogens (tertiary/aromatic N) is 1. The highest BCUT2D eigenvalue weighted by molar-refractivity contribution is 5.99. The molecule has 0 unspecified atom stereocenters. The Labute approximate surface area is 330 Å². The predicted octanol–water partition coefficient (Wildman–Crippen LogP) is 9.34. The smallest absolute Gasteiger partial charge is 0.323 e. The molecule has 10 heteroatoms. The number of para-hydroxylation sites is 1. The zero-order chi connectivity index (χ0) is 39.2. The van der Waals surface area contributed by atoms with Crippen LogP contribution in [0.4, 0.5) is 16.2 Å². The summed E-state index contributed by atoms with van der Waals surface area (Å²) in [6.07, 6.45) is 5.29. The molecule has 3 amide bonds. The number of benzene rings is 4. The van der Waals surface area contributed by atoms with E-state index in [4.69, 9.17) is 14.2 Å². The molecular formula is C46H56N4O6. The molecule has 3 fully saturated rings. The van der Waals surface area contributed by atoms with Gasteiger partial charge in [-0.05, 0) is 112 Å². The number of aliphatic hydroxyl groups is 1. The van der Waals surface area contributed by atoms with Crippen molar-refractivity contribution in [3.8, 4) is 11.5 Å². The molecule has 7 atom stereocenters. The van der Waals surface area contributed by atoms with Gasteiger partial charge in [-0.2, -0.15) is 0 Å². The largest absolute Gasteiger partial charge is 0.457 e. The van der Waals surface area contributed by atoms with Gasteiger partial charge in [-0.3, -0.25) is 9.69 Å². The van der Waals surface area contributed by atoms with Gasteiger partial charge >= 0.3 is 6.03 Å². The molecule has 2 heterocycles. The van der Waals surface area contributed by atoms with E-state index < -0.39 is 6.29 Å². The van der Waals surface area contributed by atoms with Crippen molar-refractivity contribution in [2.45, 2.75) is 109 Å². The Morgan fingerprint density at radius 2 is 1.50 bits per heavy atom. The van der Waals surface area contributed by atoms with Gasteiger partial charge in [0.05, 0.1) is 24.9 Å². The van der Waals surface area contributed by atoms with Crippen molar-refractivity contribution >= 4 is 23.3 Å². The number of carbonyl (C=O) groups is 2. The number of carbonyl (C=O) groups excluding carboxylic acids is 2. The van der Waals surface area contributed by atoms with E-state index >= 15 is 0 Å². The highest BCUT2D eigenvalue weighted by Gasteiger charge is 2.46. The van der Waals surface area contributed by atoms with Crippen LogP contribution >= 0.6 is 0 Å². The van der Waals surface area contributed by atoms with E-state index in [0.29, 0.717) is 35.6 Å². The molecule has 296 valence electrons. The minimum Gasteiger partial charge on any atom is -0.457 e. The van der Waals surface area contributed by atoms with Crippen molar-refractivity contribution in [2.75, 3.05) is 17.2 Å². The standard InChI is InChI=1S/C46H56N4O6/c1-30-41(28-50-39-16-9-8-11-32(39)21-26-40(50)43(52)49-46(2,3)4)55-44(56-42(30)33-19-17-31(29-51)18-20-33)34-12-10-13-36(27-34)48-45(53)47-35-22-24-38(25-23-35)54-37-14-6-5-7-15-37/h5-7,10,12-15,17-20,22-25,27,30,32,39-42,44,51H,8-9,11,16,21,26,28-29H2,1-4H3,(H,49,52)(H2,47,48,53)/t30-,32-,39-,40-,41+,42+,44+/m1/s1. The number of rotatable bonds is 10. The summed E-state index contributed by atoms with van der Waals surface area (Å²) in [5, 5.41) is 18.9. The Morgan fingerprint density at radius 1 is 0.786 bits per heavy atom. The van der Waals surface area contributed by atoms with E-state index in [2.05, 4.69) is 27.8 Å². The quantitative estimate of drug-likeness (QED) is 0.127. The van der Waals surface area contributed by atoms with E-state index in [9.17, 15) is 14.7 Å². The van der Waals surface area contributed by atoms with Crippen LogP contribution in [0.1, 0.15) is 95.3 Å². The Hall–Kier alpha value is -4.74. The molecular weight excluding hydrogens is 705 g/mol. The van der Waals surface area contributed by atoms with Gasteiger partial charge in [0.25, 0.3) is 0 Å². The number of hydrogen-bond donors (Lipinski definition) is 4. The van der Waals surface area contributed by atoms with Gasteiger partial charge in [0.15, 0.2) is 6.29 Å². The Kier molecular flexibility index (Phi) is 12.4. The fourth-order valence-electron chi connectivity index (χ4n) is 8.55. The molecule has 56 heavy (non-hydrogen) atoms. The number of urea groups is 1. The van der Waals surface area contributed by atoms with Crippen LogP contribution < -0.4 is 20.7 Å².